The first-order valence-electron chi connectivity index (χ1n) is 9.40. The van der Waals surface area contributed by atoms with Crippen LogP contribution >= 0.6 is 0 Å². The molecule has 6 heteroatoms. The van der Waals surface area contributed by atoms with Gasteiger partial charge in [0.05, 0.1) is 13.7 Å². The van der Waals surface area contributed by atoms with Crippen LogP contribution in [0.1, 0.15) is 21.5 Å². The molecule has 0 saturated carbocycles. The standard InChI is InChI=1S/C23H25N3O3/c1-16-4-9-21(17(2)14-16)26-22-15-18(10-11-24-22)23(27)25-12-13-29-20-7-5-19(28-3)6-8-20/h4-11,14-15H,12-13H2,1-3H3,(H,24,26)(H,25,27). The third-order valence-corrected chi connectivity index (χ3v) is 4.38. The van der Waals surface area contributed by atoms with E-state index in [1.165, 1.54) is 5.56 Å². The van der Waals surface area contributed by atoms with Crippen molar-refractivity contribution >= 4 is 17.4 Å². The van der Waals surface area contributed by atoms with E-state index in [4.69, 9.17) is 9.47 Å². The van der Waals surface area contributed by atoms with Crippen molar-refractivity contribution < 1.29 is 14.3 Å². The van der Waals surface area contributed by atoms with Crippen LogP contribution in [0.15, 0.2) is 60.8 Å². The van der Waals surface area contributed by atoms with Crippen LogP contribution in [0.2, 0.25) is 0 Å². The molecule has 0 atom stereocenters. The van der Waals surface area contributed by atoms with Gasteiger partial charge in [-0.25, -0.2) is 4.98 Å². The van der Waals surface area contributed by atoms with Gasteiger partial charge in [-0.15, -0.1) is 0 Å². The van der Waals surface area contributed by atoms with Gasteiger partial charge in [0.2, 0.25) is 0 Å². The molecule has 0 radical (unpaired) electrons. The van der Waals surface area contributed by atoms with Crippen LogP contribution in [-0.2, 0) is 0 Å². The monoisotopic (exact) mass is 391 g/mol. The van der Waals surface area contributed by atoms with Crippen LogP contribution in [0.3, 0.4) is 0 Å². The number of benzene rings is 2. The largest absolute Gasteiger partial charge is 0.497 e. The molecule has 3 rings (SSSR count). The number of nitrogens with zero attached hydrogens (tertiary/aromatic N) is 1. The molecule has 1 amide bonds. The van der Waals surface area contributed by atoms with Gasteiger partial charge < -0.3 is 20.1 Å². The lowest BCUT2D eigenvalue weighted by Crippen LogP contribution is -2.28. The molecule has 2 aromatic carbocycles. The van der Waals surface area contributed by atoms with Gasteiger partial charge in [0.15, 0.2) is 0 Å². The fourth-order valence-electron chi connectivity index (χ4n) is 2.84. The summed E-state index contributed by atoms with van der Waals surface area (Å²) in [5, 5.41) is 6.12. The number of anilines is 2. The number of hydrogen-bond donors (Lipinski definition) is 2. The molecule has 0 unspecified atom stereocenters. The molecule has 0 aliphatic heterocycles. The van der Waals surface area contributed by atoms with E-state index in [2.05, 4.69) is 28.6 Å². The second kappa shape index (κ2) is 9.59. The Morgan fingerprint density at radius 1 is 1.00 bits per heavy atom. The fraction of sp³-hybridized carbons (Fsp3) is 0.217. The summed E-state index contributed by atoms with van der Waals surface area (Å²) in [5.74, 6) is 1.95. The van der Waals surface area contributed by atoms with Crippen LogP contribution in [0.5, 0.6) is 11.5 Å². The van der Waals surface area contributed by atoms with Crippen molar-refractivity contribution in [2.45, 2.75) is 13.8 Å². The van der Waals surface area contributed by atoms with Crippen molar-refractivity contribution in [2.24, 2.45) is 0 Å². The first kappa shape index (κ1) is 20.2. The molecule has 0 bridgehead atoms. The van der Waals surface area contributed by atoms with Gasteiger partial charge in [-0.3, -0.25) is 4.79 Å². The summed E-state index contributed by atoms with van der Waals surface area (Å²) in [6.07, 6.45) is 1.62. The highest BCUT2D eigenvalue weighted by Gasteiger charge is 2.08. The van der Waals surface area contributed by atoms with Crippen LogP contribution in [0.25, 0.3) is 0 Å². The maximum Gasteiger partial charge on any atom is 0.251 e. The van der Waals surface area contributed by atoms with E-state index in [1.54, 1.807) is 25.4 Å². The molecule has 0 aliphatic carbocycles. The van der Waals surface area contributed by atoms with Gasteiger partial charge in [-0.1, -0.05) is 17.7 Å². The Hall–Kier alpha value is -3.54. The topological polar surface area (TPSA) is 72.5 Å². The minimum atomic E-state index is -0.172. The Morgan fingerprint density at radius 3 is 2.48 bits per heavy atom. The first-order valence-corrected chi connectivity index (χ1v) is 9.40. The maximum absolute atomic E-state index is 12.4. The summed E-state index contributed by atoms with van der Waals surface area (Å²) >= 11 is 0. The zero-order valence-electron chi connectivity index (χ0n) is 16.9. The maximum atomic E-state index is 12.4. The summed E-state index contributed by atoms with van der Waals surface area (Å²) in [5.41, 5.74) is 3.83. The zero-order chi connectivity index (χ0) is 20.6. The van der Waals surface area contributed by atoms with Gasteiger partial charge >= 0.3 is 0 Å². The van der Waals surface area contributed by atoms with Crippen LogP contribution in [0.4, 0.5) is 11.5 Å². The van der Waals surface area contributed by atoms with Crippen molar-refractivity contribution in [3.8, 4) is 11.5 Å². The Kier molecular flexibility index (Phi) is 6.68. The number of ether oxygens (including phenoxy) is 2. The highest BCUT2D eigenvalue weighted by atomic mass is 16.5. The predicted molar refractivity (Wildman–Crippen MR) is 114 cm³/mol. The Balaban J connectivity index is 1.52. The highest BCUT2D eigenvalue weighted by molar-refractivity contribution is 5.94. The third kappa shape index (κ3) is 5.72. The lowest BCUT2D eigenvalue weighted by atomic mass is 10.1. The van der Waals surface area contributed by atoms with Crippen LogP contribution < -0.4 is 20.1 Å². The number of carbonyl (C=O) groups excluding carboxylic acids is 1. The van der Waals surface area contributed by atoms with Crippen LogP contribution in [-0.4, -0.2) is 31.2 Å². The molecule has 1 aromatic heterocycles. The summed E-state index contributed by atoms with van der Waals surface area (Å²) in [6, 6.07) is 16.9. The summed E-state index contributed by atoms with van der Waals surface area (Å²) in [6.45, 7) is 4.86. The van der Waals surface area contributed by atoms with Crippen LogP contribution in [0, 0.1) is 13.8 Å². The van der Waals surface area contributed by atoms with E-state index in [0.717, 1.165) is 22.7 Å². The summed E-state index contributed by atoms with van der Waals surface area (Å²) in [4.78, 5) is 16.7. The molecular weight excluding hydrogens is 366 g/mol. The Bertz CT molecular complexity index is 971. The summed E-state index contributed by atoms with van der Waals surface area (Å²) in [7, 11) is 1.62. The van der Waals surface area contributed by atoms with Gasteiger partial charge in [-0.2, -0.15) is 0 Å². The molecule has 6 nitrogen and oxygen atoms in total. The number of pyridine rings is 1. The number of nitrogens with one attached hydrogen (secondary N) is 2. The molecule has 0 fully saturated rings. The molecule has 0 saturated heterocycles. The lowest BCUT2D eigenvalue weighted by molar-refractivity contribution is 0.0947. The molecule has 2 N–H and O–H groups in total. The van der Waals surface area contributed by atoms with Gasteiger partial charge in [-0.05, 0) is 61.9 Å². The third-order valence-electron chi connectivity index (χ3n) is 4.38. The molecule has 29 heavy (non-hydrogen) atoms. The van der Waals surface area contributed by atoms with Crippen molar-refractivity contribution in [3.63, 3.8) is 0 Å². The minimum absolute atomic E-state index is 0.172. The average molecular weight is 391 g/mol. The lowest BCUT2D eigenvalue weighted by Gasteiger charge is -2.11. The van der Waals surface area contributed by atoms with Crippen molar-refractivity contribution in [1.29, 1.82) is 0 Å². The minimum Gasteiger partial charge on any atom is -0.497 e. The Morgan fingerprint density at radius 2 is 1.76 bits per heavy atom. The zero-order valence-corrected chi connectivity index (χ0v) is 16.9. The van der Waals surface area contributed by atoms with Crippen molar-refractivity contribution in [3.05, 3.63) is 77.5 Å². The van der Waals surface area contributed by atoms with Gasteiger partial charge in [0.1, 0.15) is 23.9 Å². The number of amides is 1. The molecule has 3 aromatic rings. The molecule has 0 aliphatic rings. The number of carbonyl (C=O) groups is 1. The smallest absolute Gasteiger partial charge is 0.251 e. The molecular formula is C23H25N3O3. The number of aryl methyl sites for hydroxylation is 2. The van der Waals surface area contributed by atoms with E-state index in [1.807, 2.05) is 43.3 Å². The number of hydrogen-bond acceptors (Lipinski definition) is 5. The highest BCUT2D eigenvalue weighted by Crippen LogP contribution is 2.21. The van der Waals surface area contributed by atoms with E-state index in [-0.39, 0.29) is 5.91 Å². The number of rotatable bonds is 8. The molecule has 1 heterocycles. The van der Waals surface area contributed by atoms with Crippen molar-refractivity contribution in [1.82, 2.24) is 10.3 Å². The predicted octanol–water partition coefficient (Wildman–Crippen LogP) is 4.26. The molecule has 0 spiro atoms. The van der Waals surface area contributed by atoms with Gasteiger partial charge in [0, 0.05) is 17.4 Å². The quantitative estimate of drug-likeness (QED) is 0.562. The normalized spacial score (nSPS) is 10.3. The van der Waals surface area contributed by atoms with E-state index in [9.17, 15) is 4.79 Å². The number of methoxy groups -OCH3 is 1. The first-order chi connectivity index (χ1) is 14.0. The van der Waals surface area contributed by atoms with E-state index in [0.29, 0.717) is 24.5 Å². The van der Waals surface area contributed by atoms with E-state index >= 15 is 0 Å². The number of aromatic nitrogens is 1. The molecule has 150 valence electrons. The second-order valence-electron chi connectivity index (χ2n) is 6.65. The van der Waals surface area contributed by atoms with E-state index < -0.39 is 0 Å². The fourth-order valence-corrected chi connectivity index (χ4v) is 2.84. The summed E-state index contributed by atoms with van der Waals surface area (Å²) < 4.78 is 10.7. The van der Waals surface area contributed by atoms with Crippen molar-refractivity contribution in [2.75, 3.05) is 25.6 Å². The average Bonchev–Trinajstić information content (AvgIpc) is 2.74. The van der Waals surface area contributed by atoms with Gasteiger partial charge in [0.25, 0.3) is 5.91 Å². The SMILES string of the molecule is COc1ccc(OCCNC(=O)c2ccnc(Nc3ccc(C)cc3C)c2)cc1. The Labute approximate surface area is 170 Å². The second-order valence-corrected chi connectivity index (χ2v) is 6.65.